The van der Waals surface area contributed by atoms with Crippen molar-refractivity contribution in [2.45, 2.75) is 38.1 Å². The van der Waals surface area contributed by atoms with Crippen LogP contribution in [0, 0.1) is 12.8 Å². The molecule has 9 heteroatoms. The van der Waals surface area contributed by atoms with E-state index in [2.05, 4.69) is 4.72 Å². The molecule has 7 nitrogen and oxygen atoms in total. The lowest BCUT2D eigenvalue weighted by atomic mass is 10.0. The topological polar surface area (TPSA) is 101 Å². The fourth-order valence-corrected chi connectivity index (χ4v) is 5.20. The number of nitrogens with one attached hydrogen (secondary N) is 1. The van der Waals surface area contributed by atoms with Crippen molar-refractivity contribution in [2.24, 2.45) is 5.92 Å². The molecule has 1 aliphatic heterocycles. The zero-order chi connectivity index (χ0) is 19.5. The van der Waals surface area contributed by atoms with Gasteiger partial charge in [0.05, 0.1) is 16.4 Å². The number of carbonyl (C=O) groups excluding carboxylic acids is 1. The highest BCUT2D eigenvalue weighted by Gasteiger charge is 2.32. The van der Waals surface area contributed by atoms with Crippen molar-refractivity contribution in [2.75, 3.05) is 24.6 Å². The van der Waals surface area contributed by atoms with E-state index >= 15 is 0 Å². The molecule has 0 saturated carbocycles. The molecule has 0 aliphatic carbocycles. The summed E-state index contributed by atoms with van der Waals surface area (Å²) >= 11 is 0. The second-order valence-corrected chi connectivity index (χ2v) is 11.1. The maximum Gasteiger partial charge on any atom is 0.241 e. The highest BCUT2D eigenvalue weighted by atomic mass is 32.2. The molecule has 0 radical (unpaired) electrons. The number of benzene rings is 1. The first-order valence-corrected chi connectivity index (χ1v) is 11.9. The summed E-state index contributed by atoms with van der Waals surface area (Å²) in [6, 6.07) is 5.48. The van der Waals surface area contributed by atoms with Gasteiger partial charge in [-0.05, 0) is 31.4 Å². The molecule has 1 aliphatic rings. The number of nitrogens with zero attached hydrogens (tertiary/aromatic N) is 1. The fraction of sp³-hybridized carbons (Fsp3) is 0.588. The van der Waals surface area contributed by atoms with Gasteiger partial charge in [0.15, 0.2) is 9.84 Å². The van der Waals surface area contributed by atoms with Crippen molar-refractivity contribution in [3.8, 4) is 0 Å². The van der Waals surface area contributed by atoms with E-state index in [-0.39, 0.29) is 41.3 Å². The largest absolute Gasteiger partial charge is 0.339 e. The van der Waals surface area contributed by atoms with Gasteiger partial charge in [-0.2, -0.15) is 4.72 Å². The Morgan fingerprint density at radius 2 is 1.69 bits per heavy atom. The van der Waals surface area contributed by atoms with Gasteiger partial charge in [-0.1, -0.05) is 31.5 Å². The molecule has 1 aromatic carbocycles. The van der Waals surface area contributed by atoms with Crippen molar-refractivity contribution < 1.29 is 21.6 Å². The van der Waals surface area contributed by atoms with Crippen LogP contribution in [0.5, 0.6) is 0 Å². The summed E-state index contributed by atoms with van der Waals surface area (Å²) in [4.78, 5) is 14.4. The molecule has 1 saturated heterocycles. The third-order valence-electron chi connectivity index (χ3n) is 4.29. The Balaban J connectivity index is 2.18. The lowest BCUT2D eigenvalue weighted by Gasteiger charge is -2.31. The minimum Gasteiger partial charge on any atom is -0.339 e. The zero-order valence-electron chi connectivity index (χ0n) is 15.3. The summed E-state index contributed by atoms with van der Waals surface area (Å²) in [5, 5.41) is 0. The van der Waals surface area contributed by atoms with Crippen LogP contribution in [0.2, 0.25) is 0 Å². The molecule has 26 heavy (non-hydrogen) atoms. The molecule has 2 rings (SSSR count). The number of amides is 1. The van der Waals surface area contributed by atoms with Gasteiger partial charge in [0, 0.05) is 13.1 Å². The second kappa shape index (κ2) is 8.06. The summed E-state index contributed by atoms with van der Waals surface area (Å²) < 4.78 is 50.9. The van der Waals surface area contributed by atoms with Gasteiger partial charge in [-0.25, -0.2) is 16.8 Å². The SMILES string of the molecule is Cc1ccc(S(=O)(=O)NC(CC(C)C)C(=O)N2CCS(=O)(=O)CC2)cc1. The van der Waals surface area contributed by atoms with Crippen LogP contribution in [0.15, 0.2) is 29.2 Å². The van der Waals surface area contributed by atoms with E-state index in [0.717, 1.165) is 5.56 Å². The van der Waals surface area contributed by atoms with E-state index in [1.54, 1.807) is 12.1 Å². The van der Waals surface area contributed by atoms with Crippen LogP contribution in [0.25, 0.3) is 0 Å². The van der Waals surface area contributed by atoms with Crippen LogP contribution >= 0.6 is 0 Å². The van der Waals surface area contributed by atoms with Gasteiger partial charge in [0.25, 0.3) is 0 Å². The van der Waals surface area contributed by atoms with Crippen LogP contribution in [0.4, 0.5) is 0 Å². The average Bonchev–Trinajstić information content (AvgIpc) is 2.53. The van der Waals surface area contributed by atoms with E-state index in [1.807, 2.05) is 20.8 Å². The zero-order valence-corrected chi connectivity index (χ0v) is 16.9. The minimum absolute atomic E-state index is 0.0855. The number of hydrogen-bond acceptors (Lipinski definition) is 5. The quantitative estimate of drug-likeness (QED) is 0.763. The second-order valence-electron chi connectivity index (χ2n) is 7.09. The van der Waals surface area contributed by atoms with E-state index in [0.29, 0.717) is 6.42 Å². The Bertz CT molecular complexity index is 832. The van der Waals surface area contributed by atoms with Crippen LogP contribution in [0.1, 0.15) is 25.8 Å². The van der Waals surface area contributed by atoms with Crippen molar-refractivity contribution in [1.82, 2.24) is 9.62 Å². The Kier molecular flexibility index (Phi) is 6.46. The molecule has 1 N–H and O–H groups in total. The summed E-state index contributed by atoms with van der Waals surface area (Å²) in [5.74, 6) is -0.446. The first-order valence-electron chi connectivity index (χ1n) is 8.58. The highest BCUT2D eigenvalue weighted by Crippen LogP contribution is 2.16. The van der Waals surface area contributed by atoms with E-state index in [4.69, 9.17) is 0 Å². The third kappa shape index (κ3) is 5.52. The van der Waals surface area contributed by atoms with Gasteiger partial charge in [-0.15, -0.1) is 0 Å². The third-order valence-corrected chi connectivity index (χ3v) is 7.39. The van der Waals surface area contributed by atoms with Crippen molar-refractivity contribution in [1.29, 1.82) is 0 Å². The van der Waals surface area contributed by atoms with Gasteiger partial charge in [-0.3, -0.25) is 4.79 Å². The molecule has 1 unspecified atom stereocenters. The van der Waals surface area contributed by atoms with E-state index < -0.39 is 25.9 Å². The Hall–Kier alpha value is -1.45. The van der Waals surface area contributed by atoms with Gasteiger partial charge in [0.2, 0.25) is 15.9 Å². The van der Waals surface area contributed by atoms with Crippen LogP contribution < -0.4 is 4.72 Å². The average molecular weight is 403 g/mol. The van der Waals surface area contributed by atoms with Crippen molar-refractivity contribution in [3.05, 3.63) is 29.8 Å². The summed E-state index contributed by atoms with van der Waals surface area (Å²) in [5.41, 5.74) is 0.938. The molecule has 0 aromatic heterocycles. The monoisotopic (exact) mass is 402 g/mol. The number of hydrogen-bond donors (Lipinski definition) is 1. The molecule has 1 atom stereocenters. The maximum atomic E-state index is 12.8. The molecule has 0 bridgehead atoms. The number of sulfonamides is 1. The summed E-state index contributed by atoms with van der Waals surface area (Å²) in [6.45, 7) is 5.87. The van der Waals surface area contributed by atoms with Gasteiger partial charge in [0.1, 0.15) is 6.04 Å². The van der Waals surface area contributed by atoms with Crippen molar-refractivity contribution >= 4 is 25.8 Å². The van der Waals surface area contributed by atoms with Crippen LogP contribution in [-0.4, -0.2) is 58.3 Å². The van der Waals surface area contributed by atoms with E-state index in [1.165, 1.54) is 17.0 Å². The number of aryl methyl sites for hydroxylation is 1. The molecule has 146 valence electrons. The molecule has 1 amide bonds. The first kappa shape index (κ1) is 20.9. The summed E-state index contributed by atoms with van der Waals surface area (Å²) in [6.07, 6.45) is 0.340. The molecule has 0 spiro atoms. The number of carbonyl (C=O) groups is 1. The van der Waals surface area contributed by atoms with Crippen molar-refractivity contribution in [3.63, 3.8) is 0 Å². The minimum atomic E-state index is -3.84. The smallest absolute Gasteiger partial charge is 0.241 e. The molecule has 1 fully saturated rings. The predicted molar refractivity (Wildman–Crippen MR) is 100.0 cm³/mol. The lowest BCUT2D eigenvalue weighted by molar-refractivity contribution is -0.133. The normalized spacial score (nSPS) is 18.7. The number of sulfone groups is 1. The lowest BCUT2D eigenvalue weighted by Crippen LogP contribution is -2.53. The summed E-state index contributed by atoms with van der Waals surface area (Å²) in [7, 11) is -6.96. The predicted octanol–water partition coefficient (Wildman–Crippen LogP) is 0.945. The fourth-order valence-electron chi connectivity index (χ4n) is 2.80. The molecular formula is C17H26N2O5S2. The highest BCUT2D eigenvalue weighted by molar-refractivity contribution is 7.91. The Labute approximate surface area is 155 Å². The van der Waals surface area contributed by atoms with Crippen LogP contribution in [-0.2, 0) is 24.7 Å². The van der Waals surface area contributed by atoms with Crippen LogP contribution in [0.3, 0.4) is 0 Å². The molecular weight excluding hydrogens is 376 g/mol. The number of rotatable bonds is 6. The standard InChI is InChI=1S/C17H26N2O5S2/c1-13(2)12-16(17(20)19-8-10-25(21,22)11-9-19)18-26(23,24)15-6-4-14(3)5-7-15/h4-7,13,16,18H,8-12H2,1-3H3. The van der Waals surface area contributed by atoms with Gasteiger partial charge < -0.3 is 4.90 Å². The first-order chi connectivity index (χ1) is 12.0. The van der Waals surface area contributed by atoms with E-state index in [9.17, 15) is 21.6 Å². The molecule has 1 aromatic rings. The molecule has 1 heterocycles. The Morgan fingerprint density at radius 3 is 2.19 bits per heavy atom. The Morgan fingerprint density at radius 1 is 1.15 bits per heavy atom. The van der Waals surface area contributed by atoms with Gasteiger partial charge >= 0.3 is 0 Å². The maximum absolute atomic E-state index is 12.8.